The van der Waals surface area contributed by atoms with Crippen LogP contribution in [0.15, 0.2) is 53.0 Å². The summed E-state index contributed by atoms with van der Waals surface area (Å²) in [6, 6.07) is 13.5. The van der Waals surface area contributed by atoms with E-state index in [1.54, 1.807) is 41.3 Å². The molecular formula is C21H18Cl2N4OS2. The zero-order valence-corrected chi connectivity index (χ0v) is 19.4. The second-order valence-electron chi connectivity index (χ2n) is 6.62. The summed E-state index contributed by atoms with van der Waals surface area (Å²) in [5, 5.41) is 13.5. The highest BCUT2D eigenvalue weighted by Gasteiger charge is 2.13. The van der Waals surface area contributed by atoms with Crippen LogP contribution in [0.5, 0.6) is 5.75 Å². The number of halogens is 2. The van der Waals surface area contributed by atoms with Gasteiger partial charge in [0.2, 0.25) is 0 Å². The molecule has 2 aromatic carbocycles. The molecule has 0 radical (unpaired) electrons. The Hall–Kier alpha value is -2.06. The van der Waals surface area contributed by atoms with Gasteiger partial charge in [0.15, 0.2) is 11.0 Å². The molecule has 2 aromatic heterocycles. The molecule has 4 aromatic rings. The van der Waals surface area contributed by atoms with E-state index in [1.807, 2.05) is 11.6 Å². The van der Waals surface area contributed by atoms with Crippen molar-refractivity contribution < 1.29 is 4.74 Å². The summed E-state index contributed by atoms with van der Waals surface area (Å²) in [5.41, 5.74) is 3.40. The molecule has 0 saturated carbocycles. The fourth-order valence-electron chi connectivity index (χ4n) is 2.67. The van der Waals surface area contributed by atoms with Crippen molar-refractivity contribution in [2.75, 3.05) is 0 Å². The van der Waals surface area contributed by atoms with Crippen molar-refractivity contribution in [3.8, 4) is 16.3 Å². The lowest BCUT2D eigenvalue weighted by Gasteiger charge is -2.08. The predicted octanol–water partition coefficient (Wildman–Crippen LogP) is 6.43. The number of rotatable bonds is 7. The van der Waals surface area contributed by atoms with Gasteiger partial charge in [0.1, 0.15) is 17.4 Å². The minimum Gasteiger partial charge on any atom is -0.484 e. The van der Waals surface area contributed by atoms with Gasteiger partial charge in [-0.25, -0.2) is 4.98 Å². The Morgan fingerprint density at radius 3 is 2.70 bits per heavy atom. The highest BCUT2D eigenvalue weighted by atomic mass is 35.5. The second kappa shape index (κ2) is 9.39. The Kier molecular flexibility index (Phi) is 6.63. The Morgan fingerprint density at radius 2 is 1.90 bits per heavy atom. The quantitative estimate of drug-likeness (QED) is 0.287. The van der Waals surface area contributed by atoms with Gasteiger partial charge in [0, 0.05) is 34.8 Å². The van der Waals surface area contributed by atoms with Crippen LogP contribution in [0.4, 0.5) is 0 Å². The molecule has 0 aliphatic carbocycles. The van der Waals surface area contributed by atoms with Crippen molar-refractivity contribution in [3.63, 3.8) is 0 Å². The number of aromatic nitrogens is 4. The Labute approximate surface area is 193 Å². The minimum atomic E-state index is 0.248. The van der Waals surface area contributed by atoms with Crippen LogP contribution < -0.4 is 4.74 Å². The summed E-state index contributed by atoms with van der Waals surface area (Å²) in [5.74, 6) is 1.94. The molecule has 0 spiro atoms. The first-order valence-electron chi connectivity index (χ1n) is 9.10. The van der Waals surface area contributed by atoms with E-state index in [9.17, 15) is 0 Å². The van der Waals surface area contributed by atoms with Crippen LogP contribution >= 0.6 is 46.3 Å². The monoisotopic (exact) mass is 476 g/mol. The first-order valence-corrected chi connectivity index (χ1v) is 11.7. The molecule has 30 heavy (non-hydrogen) atoms. The number of aryl methyl sites for hydroxylation is 1. The van der Waals surface area contributed by atoms with Crippen molar-refractivity contribution in [3.05, 3.63) is 75.0 Å². The smallest absolute Gasteiger partial charge is 0.191 e. The highest BCUT2D eigenvalue weighted by molar-refractivity contribution is 7.98. The van der Waals surface area contributed by atoms with E-state index in [1.165, 1.54) is 5.56 Å². The van der Waals surface area contributed by atoms with Crippen molar-refractivity contribution >= 4 is 46.3 Å². The zero-order chi connectivity index (χ0) is 21.1. The molecule has 0 unspecified atom stereocenters. The largest absolute Gasteiger partial charge is 0.484 e. The summed E-state index contributed by atoms with van der Waals surface area (Å²) >= 11 is 15.4. The molecule has 0 fully saturated rings. The van der Waals surface area contributed by atoms with Crippen LogP contribution in [-0.2, 0) is 19.4 Å². The van der Waals surface area contributed by atoms with Crippen molar-refractivity contribution in [1.29, 1.82) is 0 Å². The first-order chi connectivity index (χ1) is 14.5. The Bertz CT molecular complexity index is 1160. The fourth-order valence-corrected chi connectivity index (χ4v) is 4.76. The SMILES string of the molecule is Cc1ccc(-c2nc(CSc3nnc(COc4cc(Cl)ccc4Cl)n3C)cs2)cc1. The molecular weight excluding hydrogens is 459 g/mol. The van der Waals surface area contributed by atoms with Gasteiger partial charge >= 0.3 is 0 Å². The number of hydrogen-bond donors (Lipinski definition) is 0. The third-order valence-electron chi connectivity index (χ3n) is 4.37. The van der Waals surface area contributed by atoms with E-state index in [0.717, 1.165) is 27.2 Å². The molecule has 2 heterocycles. The van der Waals surface area contributed by atoms with Gasteiger partial charge in [-0.05, 0) is 19.1 Å². The molecule has 0 N–H and O–H groups in total. The summed E-state index contributed by atoms with van der Waals surface area (Å²) in [6.07, 6.45) is 0. The molecule has 154 valence electrons. The summed E-state index contributed by atoms with van der Waals surface area (Å²) < 4.78 is 7.67. The molecule has 0 amide bonds. The average molecular weight is 477 g/mol. The number of hydrogen-bond acceptors (Lipinski definition) is 6. The highest BCUT2D eigenvalue weighted by Crippen LogP contribution is 2.30. The van der Waals surface area contributed by atoms with E-state index in [4.69, 9.17) is 32.9 Å². The van der Waals surface area contributed by atoms with Gasteiger partial charge in [0.05, 0.1) is 10.7 Å². The third kappa shape index (κ3) is 4.98. The van der Waals surface area contributed by atoms with Gasteiger partial charge < -0.3 is 9.30 Å². The van der Waals surface area contributed by atoms with E-state index in [0.29, 0.717) is 21.6 Å². The van der Waals surface area contributed by atoms with Gasteiger partial charge in [-0.1, -0.05) is 64.8 Å². The molecule has 0 atom stereocenters. The molecule has 4 rings (SSSR count). The van der Waals surface area contributed by atoms with Crippen LogP contribution in [0.3, 0.4) is 0 Å². The normalized spacial score (nSPS) is 11.1. The van der Waals surface area contributed by atoms with Gasteiger partial charge in [-0.15, -0.1) is 21.5 Å². The third-order valence-corrected chi connectivity index (χ3v) is 6.92. The van der Waals surface area contributed by atoms with Gasteiger partial charge in [0.25, 0.3) is 0 Å². The van der Waals surface area contributed by atoms with Crippen molar-refractivity contribution in [1.82, 2.24) is 19.7 Å². The molecule has 0 saturated heterocycles. The average Bonchev–Trinajstić information content (AvgIpc) is 3.34. The molecule has 0 aliphatic rings. The number of thioether (sulfide) groups is 1. The van der Waals surface area contributed by atoms with Crippen LogP contribution in [0.1, 0.15) is 17.1 Å². The van der Waals surface area contributed by atoms with Gasteiger partial charge in [-0.2, -0.15) is 0 Å². The lowest BCUT2D eigenvalue weighted by Crippen LogP contribution is -2.04. The maximum atomic E-state index is 6.14. The summed E-state index contributed by atoms with van der Waals surface area (Å²) in [4.78, 5) is 4.74. The summed E-state index contributed by atoms with van der Waals surface area (Å²) in [7, 11) is 1.92. The first kappa shape index (κ1) is 21.2. The van der Waals surface area contributed by atoms with Gasteiger partial charge in [-0.3, -0.25) is 0 Å². The number of thiazole rings is 1. The number of nitrogens with zero attached hydrogens (tertiary/aromatic N) is 4. The topological polar surface area (TPSA) is 52.8 Å². The Balaban J connectivity index is 1.37. The van der Waals surface area contributed by atoms with E-state index >= 15 is 0 Å². The summed E-state index contributed by atoms with van der Waals surface area (Å²) in [6.45, 7) is 2.33. The standard InChI is InChI=1S/C21H18Cl2N4OS2/c1-13-3-5-14(6-4-13)20-24-16(11-29-20)12-30-21-26-25-19(27(21)2)10-28-18-9-15(22)7-8-17(18)23/h3-9,11H,10,12H2,1-2H3. The molecule has 9 heteroatoms. The van der Waals surface area contributed by atoms with Crippen molar-refractivity contribution in [2.24, 2.45) is 7.05 Å². The van der Waals surface area contributed by atoms with Crippen molar-refractivity contribution in [2.45, 2.75) is 24.4 Å². The molecule has 5 nitrogen and oxygen atoms in total. The lowest BCUT2D eigenvalue weighted by atomic mass is 10.2. The predicted molar refractivity (Wildman–Crippen MR) is 124 cm³/mol. The Morgan fingerprint density at radius 1 is 1.10 bits per heavy atom. The number of ether oxygens (including phenoxy) is 1. The lowest BCUT2D eigenvalue weighted by molar-refractivity contribution is 0.290. The van der Waals surface area contributed by atoms with E-state index in [-0.39, 0.29) is 6.61 Å². The van der Waals surface area contributed by atoms with Crippen LogP contribution in [0.25, 0.3) is 10.6 Å². The maximum Gasteiger partial charge on any atom is 0.191 e. The number of benzene rings is 2. The minimum absolute atomic E-state index is 0.248. The maximum absolute atomic E-state index is 6.14. The fraction of sp³-hybridized carbons (Fsp3) is 0.190. The van der Waals surface area contributed by atoms with Crippen LogP contribution in [0, 0.1) is 6.92 Å². The van der Waals surface area contributed by atoms with Crippen LogP contribution in [-0.4, -0.2) is 19.7 Å². The zero-order valence-electron chi connectivity index (χ0n) is 16.3. The second-order valence-corrected chi connectivity index (χ2v) is 9.26. The molecule has 0 aliphatic heterocycles. The van der Waals surface area contributed by atoms with E-state index < -0.39 is 0 Å². The van der Waals surface area contributed by atoms with Crippen LogP contribution in [0.2, 0.25) is 10.0 Å². The van der Waals surface area contributed by atoms with E-state index in [2.05, 4.69) is 46.8 Å². The molecule has 0 bridgehead atoms.